The predicted molar refractivity (Wildman–Crippen MR) is 93.6 cm³/mol. The minimum atomic E-state index is -0.504. The van der Waals surface area contributed by atoms with Crippen molar-refractivity contribution in [2.75, 3.05) is 5.32 Å². The third-order valence-electron chi connectivity index (χ3n) is 3.74. The Balaban J connectivity index is 1.71. The molecule has 1 aromatic heterocycles. The molecule has 2 aromatic carbocycles. The van der Waals surface area contributed by atoms with E-state index in [9.17, 15) is 14.9 Å². The predicted octanol–water partition coefficient (Wildman–Crippen LogP) is 3.40. The Kier molecular flexibility index (Phi) is 4.56. The fourth-order valence-corrected chi connectivity index (χ4v) is 2.41. The first kappa shape index (κ1) is 16.4. The van der Waals surface area contributed by atoms with E-state index < -0.39 is 4.92 Å². The Hall–Kier alpha value is -3.48. The number of hydrogen-bond donors (Lipinski definition) is 1. The van der Waals surface area contributed by atoms with Gasteiger partial charge in [0.1, 0.15) is 0 Å². The molecule has 0 saturated heterocycles. The summed E-state index contributed by atoms with van der Waals surface area (Å²) >= 11 is 0. The highest BCUT2D eigenvalue weighted by Gasteiger charge is 2.12. The summed E-state index contributed by atoms with van der Waals surface area (Å²) in [6, 6.07) is 17.1. The van der Waals surface area contributed by atoms with Crippen molar-refractivity contribution in [3.8, 4) is 0 Å². The smallest absolute Gasteiger partial charge is 0.269 e. The van der Waals surface area contributed by atoms with E-state index in [2.05, 4.69) is 10.4 Å². The highest BCUT2D eigenvalue weighted by atomic mass is 16.6. The van der Waals surface area contributed by atoms with Gasteiger partial charge in [0, 0.05) is 29.5 Å². The Labute approximate surface area is 144 Å². The molecule has 7 nitrogen and oxygen atoms in total. The third kappa shape index (κ3) is 3.89. The van der Waals surface area contributed by atoms with Crippen LogP contribution < -0.4 is 5.32 Å². The van der Waals surface area contributed by atoms with Crippen molar-refractivity contribution in [3.63, 3.8) is 0 Å². The molecule has 1 N–H and O–H groups in total. The normalized spacial score (nSPS) is 10.4. The standard InChI is InChI=1S/C18H16N4O3/c1-13-11-17(20-21(13)12-14-5-3-2-4-6-14)19-18(23)15-7-9-16(10-8-15)22(24)25/h2-11H,12H2,1H3,(H,19,20,23). The molecule has 7 heteroatoms. The molecule has 1 amide bonds. The molecule has 0 bridgehead atoms. The second kappa shape index (κ2) is 6.96. The van der Waals surface area contributed by atoms with Crippen molar-refractivity contribution in [3.05, 3.63) is 87.6 Å². The van der Waals surface area contributed by atoms with Gasteiger partial charge in [-0.2, -0.15) is 5.10 Å². The second-order valence-corrected chi connectivity index (χ2v) is 5.57. The Morgan fingerprint density at radius 2 is 1.84 bits per heavy atom. The molecule has 0 radical (unpaired) electrons. The molecule has 0 aliphatic carbocycles. The summed E-state index contributed by atoms with van der Waals surface area (Å²) < 4.78 is 1.81. The van der Waals surface area contributed by atoms with Crippen LogP contribution >= 0.6 is 0 Å². The van der Waals surface area contributed by atoms with Gasteiger partial charge in [-0.15, -0.1) is 0 Å². The molecule has 126 valence electrons. The molecule has 0 aliphatic rings. The summed E-state index contributed by atoms with van der Waals surface area (Å²) in [5, 5.41) is 17.8. The average molecular weight is 336 g/mol. The number of benzene rings is 2. The quantitative estimate of drug-likeness (QED) is 0.571. The van der Waals surface area contributed by atoms with E-state index in [1.165, 1.54) is 24.3 Å². The van der Waals surface area contributed by atoms with Gasteiger partial charge in [-0.25, -0.2) is 0 Å². The summed E-state index contributed by atoms with van der Waals surface area (Å²) in [4.78, 5) is 22.4. The highest BCUT2D eigenvalue weighted by molar-refractivity contribution is 6.03. The van der Waals surface area contributed by atoms with Gasteiger partial charge in [-0.3, -0.25) is 19.6 Å². The molecule has 0 spiro atoms. The SMILES string of the molecule is Cc1cc(NC(=O)c2ccc([N+](=O)[O-])cc2)nn1Cc1ccccc1. The fraction of sp³-hybridized carbons (Fsp3) is 0.111. The van der Waals surface area contributed by atoms with Gasteiger partial charge in [-0.1, -0.05) is 30.3 Å². The van der Waals surface area contributed by atoms with Crippen LogP contribution in [0.2, 0.25) is 0 Å². The van der Waals surface area contributed by atoms with Crippen molar-refractivity contribution in [1.29, 1.82) is 0 Å². The lowest BCUT2D eigenvalue weighted by Gasteiger charge is -2.04. The lowest BCUT2D eigenvalue weighted by molar-refractivity contribution is -0.384. The van der Waals surface area contributed by atoms with Gasteiger partial charge >= 0.3 is 0 Å². The van der Waals surface area contributed by atoms with Crippen LogP contribution in [0.15, 0.2) is 60.7 Å². The van der Waals surface area contributed by atoms with Gasteiger partial charge in [-0.05, 0) is 24.6 Å². The molecule has 3 aromatic rings. The number of hydrogen-bond acceptors (Lipinski definition) is 4. The molecule has 0 aliphatic heterocycles. The van der Waals surface area contributed by atoms with Gasteiger partial charge in [0.25, 0.3) is 11.6 Å². The maximum Gasteiger partial charge on any atom is 0.269 e. The van der Waals surface area contributed by atoms with E-state index in [0.717, 1.165) is 11.3 Å². The second-order valence-electron chi connectivity index (χ2n) is 5.57. The van der Waals surface area contributed by atoms with E-state index in [-0.39, 0.29) is 11.6 Å². The molecule has 1 heterocycles. The Morgan fingerprint density at radius 3 is 2.48 bits per heavy atom. The zero-order chi connectivity index (χ0) is 17.8. The summed E-state index contributed by atoms with van der Waals surface area (Å²) in [6.45, 7) is 2.53. The van der Waals surface area contributed by atoms with Crippen LogP contribution in [0.4, 0.5) is 11.5 Å². The average Bonchev–Trinajstić information content (AvgIpc) is 2.95. The van der Waals surface area contributed by atoms with Gasteiger partial charge in [0.2, 0.25) is 0 Å². The Bertz CT molecular complexity index is 902. The van der Waals surface area contributed by atoms with Crippen LogP contribution in [0.25, 0.3) is 0 Å². The van der Waals surface area contributed by atoms with E-state index in [4.69, 9.17) is 0 Å². The number of rotatable bonds is 5. The summed E-state index contributed by atoms with van der Waals surface area (Å²) in [7, 11) is 0. The Morgan fingerprint density at radius 1 is 1.16 bits per heavy atom. The van der Waals surface area contributed by atoms with Crippen LogP contribution in [-0.2, 0) is 6.54 Å². The number of non-ortho nitro benzene ring substituents is 1. The summed E-state index contributed by atoms with van der Waals surface area (Å²) in [5.41, 5.74) is 2.31. The number of nitro benzene ring substituents is 1. The lowest BCUT2D eigenvalue weighted by atomic mass is 10.2. The van der Waals surface area contributed by atoms with Crippen LogP contribution in [-0.4, -0.2) is 20.6 Å². The molecule has 0 atom stereocenters. The number of nitro groups is 1. The largest absolute Gasteiger partial charge is 0.305 e. The molecule has 0 unspecified atom stereocenters. The van der Waals surface area contributed by atoms with E-state index in [1.807, 2.05) is 37.3 Å². The number of carbonyl (C=O) groups excluding carboxylic acids is 1. The van der Waals surface area contributed by atoms with Crippen LogP contribution in [0, 0.1) is 17.0 Å². The van der Waals surface area contributed by atoms with Crippen LogP contribution in [0.5, 0.6) is 0 Å². The lowest BCUT2D eigenvalue weighted by Crippen LogP contribution is -2.13. The molecule has 25 heavy (non-hydrogen) atoms. The first-order valence-corrected chi connectivity index (χ1v) is 7.67. The van der Waals surface area contributed by atoms with Crippen molar-refractivity contribution in [2.24, 2.45) is 0 Å². The zero-order valence-electron chi connectivity index (χ0n) is 13.5. The van der Waals surface area contributed by atoms with E-state index in [0.29, 0.717) is 17.9 Å². The molecule has 0 saturated carbocycles. The van der Waals surface area contributed by atoms with Crippen LogP contribution in [0.3, 0.4) is 0 Å². The number of nitrogens with zero attached hydrogens (tertiary/aromatic N) is 3. The molecule has 3 rings (SSSR count). The monoisotopic (exact) mass is 336 g/mol. The molecule has 0 fully saturated rings. The maximum atomic E-state index is 12.2. The fourth-order valence-electron chi connectivity index (χ4n) is 2.41. The number of aromatic nitrogens is 2. The van der Waals surface area contributed by atoms with Gasteiger partial charge in [0.05, 0.1) is 11.5 Å². The number of carbonyl (C=O) groups is 1. The van der Waals surface area contributed by atoms with Crippen molar-refractivity contribution < 1.29 is 9.72 Å². The third-order valence-corrected chi connectivity index (χ3v) is 3.74. The number of aryl methyl sites for hydroxylation is 1. The molecular formula is C18H16N4O3. The van der Waals surface area contributed by atoms with Crippen molar-refractivity contribution in [2.45, 2.75) is 13.5 Å². The van der Waals surface area contributed by atoms with Gasteiger partial charge < -0.3 is 5.32 Å². The summed E-state index contributed by atoms with van der Waals surface area (Å²) in [6.07, 6.45) is 0. The maximum absolute atomic E-state index is 12.2. The number of anilines is 1. The first-order chi connectivity index (χ1) is 12.0. The van der Waals surface area contributed by atoms with Gasteiger partial charge in [0.15, 0.2) is 5.82 Å². The first-order valence-electron chi connectivity index (χ1n) is 7.67. The highest BCUT2D eigenvalue weighted by Crippen LogP contribution is 2.15. The van der Waals surface area contributed by atoms with Crippen molar-refractivity contribution in [1.82, 2.24) is 9.78 Å². The van der Waals surface area contributed by atoms with Crippen molar-refractivity contribution >= 4 is 17.4 Å². The zero-order valence-corrected chi connectivity index (χ0v) is 13.5. The number of amides is 1. The minimum absolute atomic E-state index is 0.0560. The number of nitrogens with one attached hydrogen (secondary N) is 1. The van der Waals surface area contributed by atoms with E-state index in [1.54, 1.807) is 10.7 Å². The minimum Gasteiger partial charge on any atom is -0.305 e. The topological polar surface area (TPSA) is 90.1 Å². The summed E-state index contributed by atoms with van der Waals surface area (Å²) in [5.74, 6) is 0.0797. The van der Waals surface area contributed by atoms with E-state index >= 15 is 0 Å². The molecular weight excluding hydrogens is 320 g/mol. The van der Waals surface area contributed by atoms with Crippen LogP contribution in [0.1, 0.15) is 21.6 Å².